The Kier molecular flexibility index (Phi) is 4.26. The number of rotatable bonds is 3. The van der Waals surface area contributed by atoms with Crippen LogP contribution in [0.1, 0.15) is 33.3 Å². The molecular weight excluding hydrogens is 282 g/mol. The standard InChI is InChI=1S/C17H21NO4/c1-11(15(19)20)9-12-10-18(16(21)22-17(2,3)4)14-8-6-5-7-13(12)14/h5-8,10-11H,9H2,1-4H3,(H,19,20). The zero-order valence-corrected chi connectivity index (χ0v) is 13.3. The zero-order valence-electron chi connectivity index (χ0n) is 13.3. The topological polar surface area (TPSA) is 68.5 Å². The minimum absolute atomic E-state index is 0.367. The van der Waals surface area contributed by atoms with E-state index in [2.05, 4.69) is 0 Å². The molecule has 0 saturated heterocycles. The number of carboxylic acid groups (broad SMARTS) is 1. The van der Waals surface area contributed by atoms with Crippen LogP contribution in [-0.4, -0.2) is 27.3 Å². The van der Waals surface area contributed by atoms with Gasteiger partial charge in [0.05, 0.1) is 11.4 Å². The molecule has 0 bridgehead atoms. The second-order valence-corrected chi connectivity index (χ2v) is 6.47. The molecule has 1 N–H and O–H groups in total. The van der Waals surface area contributed by atoms with E-state index < -0.39 is 23.6 Å². The highest BCUT2D eigenvalue weighted by Gasteiger charge is 2.22. The molecule has 0 amide bonds. The van der Waals surface area contributed by atoms with Gasteiger partial charge in [0, 0.05) is 11.6 Å². The molecule has 118 valence electrons. The number of carbonyl (C=O) groups is 2. The maximum absolute atomic E-state index is 12.3. The van der Waals surface area contributed by atoms with Gasteiger partial charge in [-0.3, -0.25) is 9.36 Å². The van der Waals surface area contributed by atoms with Crippen LogP contribution in [0.4, 0.5) is 4.79 Å². The third-order valence-electron chi connectivity index (χ3n) is 3.33. The molecule has 1 atom stereocenters. The molecule has 1 aromatic carbocycles. The first-order valence-corrected chi connectivity index (χ1v) is 7.24. The minimum Gasteiger partial charge on any atom is -0.481 e. The summed E-state index contributed by atoms with van der Waals surface area (Å²) < 4.78 is 6.85. The number of aromatic nitrogens is 1. The van der Waals surface area contributed by atoms with E-state index >= 15 is 0 Å². The molecule has 0 fully saturated rings. The molecule has 0 saturated carbocycles. The van der Waals surface area contributed by atoms with Gasteiger partial charge in [-0.15, -0.1) is 0 Å². The Labute approximate surface area is 129 Å². The first-order valence-electron chi connectivity index (χ1n) is 7.24. The van der Waals surface area contributed by atoms with Crippen molar-refractivity contribution >= 4 is 23.0 Å². The average Bonchev–Trinajstić information content (AvgIpc) is 2.76. The normalized spacial score (nSPS) is 13.1. The molecule has 2 rings (SSSR count). The van der Waals surface area contributed by atoms with Gasteiger partial charge in [-0.2, -0.15) is 0 Å². The van der Waals surface area contributed by atoms with Crippen LogP contribution in [0.15, 0.2) is 30.5 Å². The van der Waals surface area contributed by atoms with E-state index in [9.17, 15) is 9.59 Å². The van der Waals surface area contributed by atoms with Crippen molar-refractivity contribution < 1.29 is 19.4 Å². The van der Waals surface area contributed by atoms with Crippen LogP contribution in [0.25, 0.3) is 10.9 Å². The van der Waals surface area contributed by atoms with Gasteiger partial charge in [-0.1, -0.05) is 25.1 Å². The average molecular weight is 303 g/mol. The van der Waals surface area contributed by atoms with E-state index in [0.717, 1.165) is 16.5 Å². The number of nitrogens with zero attached hydrogens (tertiary/aromatic N) is 1. The summed E-state index contributed by atoms with van der Waals surface area (Å²) in [6.07, 6.45) is 1.59. The predicted octanol–water partition coefficient (Wildman–Crippen LogP) is 3.69. The summed E-state index contributed by atoms with van der Waals surface area (Å²) in [6.45, 7) is 7.08. The minimum atomic E-state index is -0.853. The van der Waals surface area contributed by atoms with Crippen LogP contribution in [0, 0.1) is 5.92 Å². The van der Waals surface area contributed by atoms with E-state index in [1.54, 1.807) is 13.1 Å². The van der Waals surface area contributed by atoms with Gasteiger partial charge in [0.15, 0.2) is 0 Å². The molecule has 5 heteroatoms. The summed E-state index contributed by atoms with van der Waals surface area (Å²) >= 11 is 0. The molecule has 0 aliphatic carbocycles. The van der Waals surface area contributed by atoms with Gasteiger partial charge in [0.2, 0.25) is 0 Å². The first kappa shape index (κ1) is 16.1. The molecule has 0 radical (unpaired) electrons. The van der Waals surface area contributed by atoms with Gasteiger partial charge >= 0.3 is 12.1 Å². The summed E-state index contributed by atoms with van der Waals surface area (Å²) in [5, 5.41) is 9.96. The van der Waals surface area contributed by atoms with E-state index in [1.165, 1.54) is 4.57 Å². The van der Waals surface area contributed by atoms with Crippen molar-refractivity contribution in [2.45, 2.75) is 39.7 Å². The molecule has 0 aliphatic rings. The lowest BCUT2D eigenvalue weighted by Crippen LogP contribution is -2.26. The number of carboxylic acids is 1. The lowest BCUT2D eigenvalue weighted by Gasteiger charge is -2.19. The van der Waals surface area contributed by atoms with Crippen molar-refractivity contribution in [1.82, 2.24) is 4.57 Å². The third-order valence-corrected chi connectivity index (χ3v) is 3.33. The SMILES string of the molecule is CC(Cc1cn(C(=O)OC(C)(C)C)c2ccccc12)C(=O)O. The van der Waals surface area contributed by atoms with Crippen LogP contribution in [0.3, 0.4) is 0 Å². The smallest absolute Gasteiger partial charge is 0.419 e. The van der Waals surface area contributed by atoms with Crippen molar-refractivity contribution in [2.24, 2.45) is 5.92 Å². The molecule has 22 heavy (non-hydrogen) atoms. The van der Waals surface area contributed by atoms with E-state index in [1.807, 2.05) is 45.0 Å². The predicted molar refractivity (Wildman–Crippen MR) is 84.1 cm³/mol. The number of hydrogen-bond acceptors (Lipinski definition) is 3. The molecule has 1 aromatic heterocycles. The number of para-hydroxylation sites is 1. The van der Waals surface area contributed by atoms with Crippen molar-refractivity contribution in [3.8, 4) is 0 Å². The number of carbonyl (C=O) groups excluding carboxylic acids is 1. The molecular formula is C17H21NO4. The number of aliphatic carboxylic acids is 1. The maximum Gasteiger partial charge on any atom is 0.419 e. The summed E-state index contributed by atoms with van der Waals surface area (Å²) in [5.41, 5.74) is 0.970. The fraction of sp³-hybridized carbons (Fsp3) is 0.412. The summed E-state index contributed by atoms with van der Waals surface area (Å²) in [7, 11) is 0. The van der Waals surface area contributed by atoms with E-state index in [0.29, 0.717) is 6.42 Å². The molecule has 0 aliphatic heterocycles. The Morgan fingerprint density at radius 2 is 1.91 bits per heavy atom. The molecule has 0 spiro atoms. The second-order valence-electron chi connectivity index (χ2n) is 6.47. The van der Waals surface area contributed by atoms with Crippen molar-refractivity contribution in [3.63, 3.8) is 0 Å². The molecule has 1 heterocycles. The van der Waals surface area contributed by atoms with E-state index in [-0.39, 0.29) is 0 Å². The highest BCUT2D eigenvalue weighted by Crippen LogP contribution is 2.25. The fourth-order valence-corrected chi connectivity index (χ4v) is 2.29. The largest absolute Gasteiger partial charge is 0.481 e. The summed E-state index contributed by atoms with van der Waals surface area (Å²) in [4.78, 5) is 23.4. The zero-order chi connectivity index (χ0) is 16.5. The van der Waals surface area contributed by atoms with Crippen molar-refractivity contribution in [3.05, 3.63) is 36.0 Å². The Morgan fingerprint density at radius 1 is 1.27 bits per heavy atom. The van der Waals surface area contributed by atoms with Crippen molar-refractivity contribution in [2.75, 3.05) is 0 Å². The lowest BCUT2D eigenvalue weighted by atomic mass is 10.0. The molecule has 1 unspecified atom stereocenters. The van der Waals surface area contributed by atoms with Crippen LogP contribution in [-0.2, 0) is 16.0 Å². The van der Waals surface area contributed by atoms with Gasteiger partial charge in [-0.25, -0.2) is 4.79 Å². The summed E-state index contributed by atoms with van der Waals surface area (Å²) in [6, 6.07) is 7.43. The van der Waals surface area contributed by atoms with Crippen molar-refractivity contribution in [1.29, 1.82) is 0 Å². The highest BCUT2D eigenvalue weighted by molar-refractivity contribution is 5.92. The Hall–Kier alpha value is -2.30. The van der Waals surface area contributed by atoms with Crippen LogP contribution in [0.5, 0.6) is 0 Å². The van der Waals surface area contributed by atoms with Gasteiger partial charge in [-0.05, 0) is 38.8 Å². The van der Waals surface area contributed by atoms with Crippen LogP contribution >= 0.6 is 0 Å². The highest BCUT2D eigenvalue weighted by atomic mass is 16.6. The quantitative estimate of drug-likeness (QED) is 0.939. The first-order chi connectivity index (χ1) is 10.2. The van der Waals surface area contributed by atoms with Gasteiger partial charge in [0.25, 0.3) is 0 Å². The second kappa shape index (κ2) is 5.83. The van der Waals surface area contributed by atoms with E-state index in [4.69, 9.17) is 9.84 Å². The lowest BCUT2D eigenvalue weighted by molar-refractivity contribution is -0.141. The fourth-order valence-electron chi connectivity index (χ4n) is 2.29. The number of benzene rings is 1. The Morgan fingerprint density at radius 3 is 2.50 bits per heavy atom. The van der Waals surface area contributed by atoms with Crippen LogP contribution in [0.2, 0.25) is 0 Å². The number of ether oxygens (including phenoxy) is 1. The number of fused-ring (bicyclic) bond motifs is 1. The molecule has 5 nitrogen and oxygen atoms in total. The van der Waals surface area contributed by atoms with Gasteiger partial charge in [0.1, 0.15) is 5.60 Å². The Bertz CT molecular complexity index is 709. The summed E-state index contributed by atoms with van der Waals surface area (Å²) in [5.74, 6) is -1.37. The molecule has 2 aromatic rings. The monoisotopic (exact) mass is 303 g/mol. The van der Waals surface area contributed by atoms with Gasteiger partial charge < -0.3 is 9.84 Å². The van der Waals surface area contributed by atoms with Crippen LogP contribution < -0.4 is 0 Å². The number of hydrogen-bond donors (Lipinski definition) is 1. The third kappa shape index (κ3) is 3.47. The maximum atomic E-state index is 12.3. The Balaban J connectivity index is 2.44.